The van der Waals surface area contributed by atoms with Gasteiger partial charge in [0.2, 0.25) is 0 Å². The van der Waals surface area contributed by atoms with Gasteiger partial charge in [0.05, 0.1) is 0 Å². The Balaban J connectivity index is 0.00000169. The van der Waals surface area contributed by atoms with Crippen LogP contribution in [0.3, 0.4) is 0 Å². The Labute approximate surface area is 126 Å². The Bertz CT molecular complexity index is 178. The third kappa shape index (κ3) is 2.58. The molecule has 1 rings (SSSR count). The summed E-state index contributed by atoms with van der Waals surface area (Å²) in [4.78, 5) is 0. The van der Waals surface area contributed by atoms with E-state index in [9.17, 15) is 12.9 Å². The van der Waals surface area contributed by atoms with Crippen molar-refractivity contribution in [3.05, 3.63) is 0 Å². The van der Waals surface area contributed by atoms with E-state index in [0.717, 1.165) is 0 Å². The molecule has 0 bridgehead atoms. The van der Waals surface area contributed by atoms with Gasteiger partial charge in [-0.25, -0.2) is 0 Å². The molecule has 0 radical (unpaired) electrons. The summed E-state index contributed by atoms with van der Waals surface area (Å²) >= 11 is 0. The van der Waals surface area contributed by atoms with Gasteiger partial charge < -0.3 is 18.3 Å². The van der Waals surface area contributed by atoms with Gasteiger partial charge in [0.25, 0.3) is 0 Å². The van der Waals surface area contributed by atoms with Crippen LogP contribution in [0.2, 0.25) is 5.31 Å². The summed E-state index contributed by atoms with van der Waals surface area (Å²) in [7, 11) is 0. The topological polar surface area (TPSA) is 12.0 Å². The maximum Gasteiger partial charge on any atom is 1.00 e. The summed E-state index contributed by atoms with van der Waals surface area (Å²) in [6, 6.07) is 0. The molecule has 1 atom stereocenters. The Hall–Kier alpha value is 1.45. The minimum absolute atomic E-state index is 0. The zero-order valence-corrected chi connectivity index (χ0v) is 12.5. The fourth-order valence-electron chi connectivity index (χ4n) is 2.12. The van der Waals surface area contributed by atoms with Crippen molar-refractivity contribution >= 4 is 6.98 Å². The molecule has 1 unspecified atom stereocenters. The minimum Gasteiger partial charge on any atom is -0.448 e. The second-order valence-electron chi connectivity index (χ2n) is 4.91. The molecule has 0 saturated carbocycles. The molecule has 1 heterocycles. The van der Waals surface area contributed by atoms with Crippen LogP contribution in [0.5, 0.6) is 0 Å². The smallest absolute Gasteiger partial charge is 0.448 e. The molecule has 0 spiro atoms. The molecule has 0 aliphatic carbocycles. The van der Waals surface area contributed by atoms with Gasteiger partial charge in [-0.05, 0) is 18.4 Å². The molecule has 1 aliphatic heterocycles. The number of rotatable bonds is 1. The van der Waals surface area contributed by atoms with Gasteiger partial charge in [0.15, 0.2) is 0 Å². The van der Waals surface area contributed by atoms with Gasteiger partial charge in [0, 0.05) is 0 Å². The van der Waals surface area contributed by atoms with E-state index in [-0.39, 0.29) is 64.4 Å². The van der Waals surface area contributed by atoms with Gasteiger partial charge in [-0.2, -0.15) is 0 Å². The van der Waals surface area contributed by atoms with Crippen LogP contribution in [0.15, 0.2) is 0 Å². The number of nitrogens with one attached hydrogen (secondary N) is 1. The summed E-state index contributed by atoms with van der Waals surface area (Å²) in [5.74, 6) is 0. The first-order valence-electron chi connectivity index (χ1n) is 4.61. The van der Waals surface area contributed by atoms with Crippen molar-refractivity contribution in [2.45, 2.75) is 32.5 Å². The average molecular weight is 233 g/mol. The monoisotopic (exact) mass is 233 g/mol. The molecule has 0 aromatic rings. The van der Waals surface area contributed by atoms with Crippen LogP contribution >= 0.6 is 0 Å². The summed E-state index contributed by atoms with van der Waals surface area (Å²) in [5.41, 5.74) is -0.700. The fraction of sp³-hybridized carbons (Fsp3) is 1.00. The molecule has 14 heavy (non-hydrogen) atoms. The Morgan fingerprint density at radius 2 is 1.71 bits per heavy atom. The van der Waals surface area contributed by atoms with Crippen molar-refractivity contribution in [3.8, 4) is 0 Å². The molecule has 6 heteroatoms. The van der Waals surface area contributed by atoms with E-state index >= 15 is 0 Å². The van der Waals surface area contributed by atoms with E-state index < -0.39 is 17.7 Å². The van der Waals surface area contributed by atoms with Gasteiger partial charge in [-0.3, -0.25) is 0 Å². The van der Waals surface area contributed by atoms with Crippen molar-refractivity contribution in [1.29, 1.82) is 0 Å². The molecule has 1 nitrogen and oxygen atoms in total. The first-order chi connectivity index (χ1) is 5.71. The van der Waals surface area contributed by atoms with Gasteiger partial charge in [0.1, 0.15) is 0 Å². The third-order valence-corrected chi connectivity index (χ3v) is 3.31. The van der Waals surface area contributed by atoms with Gasteiger partial charge in [-0.1, -0.05) is 32.6 Å². The number of hydrogen-bond donors (Lipinski definition) is 1. The van der Waals surface area contributed by atoms with Crippen LogP contribution in [-0.2, 0) is 0 Å². The van der Waals surface area contributed by atoms with E-state index in [0.29, 0.717) is 6.54 Å². The van der Waals surface area contributed by atoms with Gasteiger partial charge >= 0.3 is 58.4 Å². The molecule has 0 amide bonds. The first kappa shape index (κ1) is 15.5. The molecular formula is C8H16BF3KN. The van der Waals surface area contributed by atoms with Crippen LogP contribution in [-0.4, -0.2) is 20.1 Å². The average Bonchev–Trinajstić information content (AvgIpc) is 2.28. The number of hydrogen-bond acceptors (Lipinski definition) is 1. The molecule has 1 N–H and O–H groups in total. The zero-order chi connectivity index (χ0) is 10.3. The van der Waals surface area contributed by atoms with Crippen molar-refractivity contribution in [2.75, 3.05) is 13.1 Å². The van der Waals surface area contributed by atoms with E-state index in [1.165, 1.54) is 0 Å². The molecular weight excluding hydrogens is 217 g/mol. The van der Waals surface area contributed by atoms with Crippen LogP contribution in [0.25, 0.3) is 0 Å². The predicted molar refractivity (Wildman–Crippen MR) is 48.7 cm³/mol. The van der Waals surface area contributed by atoms with Crippen LogP contribution in [0, 0.1) is 5.41 Å². The largest absolute Gasteiger partial charge is 1.00 e. The Morgan fingerprint density at radius 1 is 1.21 bits per heavy atom. The molecule has 78 valence electrons. The molecule has 1 aliphatic rings. The van der Waals surface area contributed by atoms with Crippen molar-refractivity contribution in [1.82, 2.24) is 5.32 Å². The predicted octanol–water partition coefficient (Wildman–Crippen LogP) is -0.382. The minimum atomic E-state index is -4.76. The van der Waals surface area contributed by atoms with E-state index in [2.05, 4.69) is 5.32 Å². The summed E-state index contributed by atoms with van der Waals surface area (Å²) < 4.78 is 38.8. The standard InChI is InChI=1S/C8H16BF3N.K/c1-7(2,3)8(9(10,11)12)4-5-13-6-8;/h13H,4-6H2,1-3H3;/q-1;+1. The SMILES string of the molecule is CC(C)(C)C1([B-](F)(F)F)CCNC1.[K+]. The number of halogens is 3. The quantitative estimate of drug-likeness (QED) is 0.609. The summed E-state index contributed by atoms with van der Waals surface area (Å²) in [6.07, 6.45) is 0.222. The Morgan fingerprint density at radius 3 is 1.86 bits per heavy atom. The fourth-order valence-corrected chi connectivity index (χ4v) is 2.12. The van der Waals surface area contributed by atoms with Crippen molar-refractivity contribution in [2.24, 2.45) is 5.41 Å². The molecule has 1 saturated heterocycles. The van der Waals surface area contributed by atoms with Crippen LogP contribution < -0.4 is 56.7 Å². The van der Waals surface area contributed by atoms with Crippen LogP contribution in [0.1, 0.15) is 27.2 Å². The van der Waals surface area contributed by atoms with Crippen LogP contribution in [0.4, 0.5) is 12.9 Å². The third-order valence-electron chi connectivity index (χ3n) is 3.31. The maximum atomic E-state index is 12.9. The molecule has 0 aromatic carbocycles. The van der Waals surface area contributed by atoms with Gasteiger partial charge in [-0.15, -0.1) is 0 Å². The van der Waals surface area contributed by atoms with Crippen molar-refractivity contribution < 1.29 is 64.3 Å². The molecule has 0 aromatic heterocycles. The van der Waals surface area contributed by atoms with E-state index in [1.54, 1.807) is 20.8 Å². The molecule has 1 fully saturated rings. The normalized spacial score (nSPS) is 28.7. The van der Waals surface area contributed by atoms with E-state index in [1.807, 2.05) is 0 Å². The van der Waals surface area contributed by atoms with E-state index in [4.69, 9.17) is 0 Å². The second kappa shape index (κ2) is 4.75. The maximum absolute atomic E-state index is 12.9. The summed E-state index contributed by atoms with van der Waals surface area (Å²) in [5, 5.41) is 1.34. The first-order valence-corrected chi connectivity index (χ1v) is 4.61. The Kier molecular flexibility index (Phi) is 5.25. The summed E-state index contributed by atoms with van der Waals surface area (Å²) in [6.45, 7) is 0.832. The van der Waals surface area contributed by atoms with Crippen molar-refractivity contribution in [3.63, 3.8) is 0 Å². The second-order valence-corrected chi connectivity index (χ2v) is 4.91. The zero-order valence-electron chi connectivity index (χ0n) is 9.33.